The molecule has 0 aliphatic heterocycles. The maximum atomic E-state index is 9.32. The van der Waals surface area contributed by atoms with Gasteiger partial charge in [-0.3, -0.25) is 0 Å². The first-order valence-corrected chi connectivity index (χ1v) is 5.20. The predicted molar refractivity (Wildman–Crippen MR) is 61.5 cm³/mol. The second-order valence-corrected chi connectivity index (χ2v) is 3.75. The van der Waals surface area contributed by atoms with Crippen LogP contribution in [0.15, 0.2) is 28.9 Å². The summed E-state index contributed by atoms with van der Waals surface area (Å²) in [4.78, 5) is 0. The Labute approximate surface area is 93.6 Å². The Morgan fingerprint density at radius 2 is 2.31 bits per heavy atom. The van der Waals surface area contributed by atoms with Crippen molar-refractivity contribution in [3.8, 4) is 5.75 Å². The largest absolute Gasteiger partial charge is 0.487 e. The Morgan fingerprint density at radius 3 is 3.06 bits per heavy atom. The maximum Gasteiger partial charge on any atom is 0.175 e. The van der Waals surface area contributed by atoms with Crippen LogP contribution in [0.3, 0.4) is 0 Å². The van der Waals surface area contributed by atoms with Crippen LogP contribution in [0.25, 0.3) is 11.0 Å². The minimum Gasteiger partial charge on any atom is -0.487 e. The Bertz CT molecular complexity index is 478. The number of rotatable bonds is 4. The van der Waals surface area contributed by atoms with Gasteiger partial charge in [0, 0.05) is 11.9 Å². The number of aliphatic hydroxyl groups is 1. The van der Waals surface area contributed by atoms with E-state index in [1.165, 1.54) is 0 Å². The van der Waals surface area contributed by atoms with Gasteiger partial charge >= 0.3 is 0 Å². The van der Waals surface area contributed by atoms with Crippen LogP contribution in [0, 0.1) is 6.92 Å². The molecular weight excluding hydrogens is 206 g/mol. The van der Waals surface area contributed by atoms with Gasteiger partial charge < -0.3 is 20.0 Å². The number of hydrogen-bond donors (Lipinski definition) is 2. The van der Waals surface area contributed by atoms with Crippen LogP contribution in [0.4, 0.5) is 0 Å². The molecule has 16 heavy (non-hydrogen) atoms. The highest BCUT2D eigenvalue weighted by molar-refractivity contribution is 5.85. The smallest absolute Gasteiger partial charge is 0.175 e. The van der Waals surface area contributed by atoms with Crippen molar-refractivity contribution < 1.29 is 14.3 Å². The number of ether oxygens (including phenoxy) is 1. The molecular formula is C12H15NO3. The van der Waals surface area contributed by atoms with Crippen molar-refractivity contribution in [2.75, 3.05) is 13.2 Å². The molecule has 1 heterocycles. The van der Waals surface area contributed by atoms with Crippen LogP contribution in [0.5, 0.6) is 5.75 Å². The fourth-order valence-corrected chi connectivity index (χ4v) is 1.53. The van der Waals surface area contributed by atoms with Gasteiger partial charge in [-0.1, -0.05) is 12.1 Å². The lowest BCUT2D eigenvalue weighted by Gasteiger charge is -2.10. The average Bonchev–Trinajstić information content (AvgIpc) is 2.69. The summed E-state index contributed by atoms with van der Waals surface area (Å²) < 4.78 is 10.9. The van der Waals surface area contributed by atoms with Crippen molar-refractivity contribution in [1.29, 1.82) is 0 Å². The van der Waals surface area contributed by atoms with Gasteiger partial charge in [-0.2, -0.15) is 0 Å². The summed E-state index contributed by atoms with van der Waals surface area (Å²) in [6.45, 7) is 2.34. The van der Waals surface area contributed by atoms with Crippen LogP contribution < -0.4 is 10.5 Å². The molecule has 0 fully saturated rings. The zero-order valence-corrected chi connectivity index (χ0v) is 9.14. The molecule has 0 saturated heterocycles. The van der Waals surface area contributed by atoms with Crippen molar-refractivity contribution in [3.63, 3.8) is 0 Å². The molecule has 0 aliphatic carbocycles. The van der Waals surface area contributed by atoms with Crippen LogP contribution in [-0.2, 0) is 0 Å². The van der Waals surface area contributed by atoms with Crippen molar-refractivity contribution in [2.45, 2.75) is 13.0 Å². The second kappa shape index (κ2) is 4.55. The van der Waals surface area contributed by atoms with Crippen molar-refractivity contribution in [2.24, 2.45) is 5.73 Å². The summed E-state index contributed by atoms with van der Waals surface area (Å²) in [6, 6.07) is 5.68. The van der Waals surface area contributed by atoms with E-state index in [1.54, 1.807) is 6.26 Å². The Balaban J connectivity index is 2.24. The number of para-hydroxylation sites is 1. The number of furan rings is 1. The Hall–Kier alpha value is -1.52. The van der Waals surface area contributed by atoms with Crippen molar-refractivity contribution in [1.82, 2.24) is 0 Å². The summed E-state index contributed by atoms with van der Waals surface area (Å²) in [5.74, 6) is 0.637. The van der Waals surface area contributed by atoms with Crippen LogP contribution in [0.2, 0.25) is 0 Å². The van der Waals surface area contributed by atoms with E-state index >= 15 is 0 Å². The van der Waals surface area contributed by atoms with Crippen LogP contribution in [0.1, 0.15) is 5.56 Å². The van der Waals surface area contributed by atoms with Gasteiger partial charge in [0.25, 0.3) is 0 Å². The summed E-state index contributed by atoms with van der Waals surface area (Å²) >= 11 is 0. The zero-order valence-electron chi connectivity index (χ0n) is 9.14. The summed E-state index contributed by atoms with van der Waals surface area (Å²) in [7, 11) is 0. The topological polar surface area (TPSA) is 68.6 Å². The SMILES string of the molecule is Cc1coc2c(OCC(O)CN)cccc12. The highest BCUT2D eigenvalue weighted by Crippen LogP contribution is 2.29. The first kappa shape index (κ1) is 11.0. The number of fused-ring (bicyclic) bond motifs is 1. The fraction of sp³-hybridized carbons (Fsp3) is 0.333. The molecule has 86 valence electrons. The molecule has 0 aliphatic rings. The third-order valence-electron chi connectivity index (χ3n) is 2.46. The predicted octanol–water partition coefficient (Wildman–Crippen LogP) is 1.44. The third kappa shape index (κ3) is 2.03. The van der Waals surface area contributed by atoms with E-state index in [-0.39, 0.29) is 13.2 Å². The molecule has 0 bridgehead atoms. The second-order valence-electron chi connectivity index (χ2n) is 3.75. The number of nitrogens with two attached hydrogens (primary N) is 1. The first-order chi connectivity index (χ1) is 7.72. The zero-order chi connectivity index (χ0) is 11.5. The maximum absolute atomic E-state index is 9.32. The van der Waals surface area contributed by atoms with Gasteiger partial charge in [-0.25, -0.2) is 0 Å². The van der Waals surface area contributed by atoms with Crippen molar-refractivity contribution in [3.05, 3.63) is 30.0 Å². The summed E-state index contributed by atoms with van der Waals surface area (Å²) in [5.41, 5.74) is 7.08. The molecule has 1 atom stereocenters. The number of hydrogen-bond acceptors (Lipinski definition) is 4. The molecule has 4 heteroatoms. The van der Waals surface area contributed by atoms with Gasteiger partial charge in [0.1, 0.15) is 12.7 Å². The van der Waals surface area contributed by atoms with Gasteiger partial charge in [0.05, 0.1) is 6.26 Å². The fourth-order valence-electron chi connectivity index (χ4n) is 1.53. The normalized spacial score (nSPS) is 12.9. The van der Waals surface area contributed by atoms with E-state index in [0.717, 1.165) is 10.9 Å². The Morgan fingerprint density at radius 1 is 1.50 bits per heavy atom. The lowest BCUT2D eigenvalue weighted by molar-refractivity contribution is 0.114. The number of aliphatic hydroxyl groups excluding tert-OH is 1. The molecule has 1 unspecified atom stereocenters. The average molecular weight is 221 g/mol. The van der Waals surface area contributed by atoms with E-state index in [2.05, 4.69) is 0 Å². The first-order valence-electron chi connectivity index (χ1n) is 5.20. The number of aryl methyl sites for hydroxylation is 1. The highest BCUT2D eigenvalue weighted by atomic mass is 16.5. The van der Waals surface area contributed by atoms with E-state index in [1.807, 2.05) is 25.1 Å². The molecule has 2 aromatic rings. The van der Waals surface area contributed by atoms with Gasteiger partial charge in [-0.05, 0) is 18.6 Å². The molecule has 0 amide bonds. The summed E-state index contributed by atoms with van der Waals surface area (Å²) in [6.07, 6.45) is 1.04. The molecule has 4 nitrogen and oxygen atoms in total. The molecule has 3 N–H and O–H groups in total. The van der Waals surface area contributed by atoms with E-state index in [4.69, 9.17) is 14.9 Å². The standard InChI is InChI=1S/C12H15NO3/c1-8-6-16-12-10(8)3-2-4-11(12)15-7-9(14)5-13/h2-4,6,9,14H,5,7,13H2,1H3. The molecule has 0 radical (unpaired) electrons. The molecule has 0 spiro atoms. The molecule has 0 saturated carbocycles. The van der Waals surface area contributed by atoms with E-state index < -0.39 is 6.10 Å². The molecule has 2 rings (SSSR count). The van der Waals surface area contributed by atoms with Gasteiger partial charge in [-0.15, -0.1) is 0 Å². The third-order valence-corrected chi connectivity index (χ3v) is 2.46. The lowest BCUT2D eigenvalue weighted by Crippen LogP contribution is -2.26. The monoisotopic (exact) mass is 221 g/mol. The highest BCUT2D eigenvalue weighted by Gasteiger charge is 2.09. The van der Waals surface area contributed by atoms with Gasteiger partial charge in [0.15, 0.2) is 11.3 Å². The van der Waals surface area contributed by atoms with Crippen molar-refractivity contribution >= 4 is 11.0 Å². The van der Waals surface area contributed by atoms with E-state index in [0.29, 0.717) is 11.3 Å². The van der Waals surface area contributed by atoms with Crippen LogP contribution >= 0.6 is 0 Å². The molecule has 1 aromatic heterocycles. The number of benzene rings is 1. The lowest BCUT2D eigenvalue weighted by atomic mass is 10.2. The minimum atomic E-state index is -0.647. The summed E-state index contributed by atoms with van der Waals surface area (Å²) in [5, 5.41) is 10.3. The minimum absolute atomic E-state index is 0.176. The van der Waals surface area contributed by atoms with E-state index in [9.17, 15) is 5.11 Å². The Kier molecular flexibility index (Phi) is 3.12. The molecule has 1 aromatic carbocycles. The van der Waals surface area contributed by atoms with Crippen LogP contribution in [-0.4, -0.2) is 24.4 Å². The quantitative estimate of drug-likeness (QED) is 0.819. The van der Waals surface area contributed by atoms with Gasteiger partial charge in [0.2, 0.25) is 0 Å².